The van der Waals surface area contributed by atoms with Gasteiger partial charge in [0.05, 0.1) is 24.9 Å². The van der Waals surface area contributed by atoms with Crippen LogP contribution in [-0.4, -0.2) is 16.8 Å². The van der Waals surface area contributed by atoms with Crippen molar-refractivity contribution in [3.63, 3.8) is 0 Å². The van der Waals surface area contributed by atoms with Crippen LogP contribution in [0.2, 0.25) is 0 Å². The Hall–Kier alpha value is -2.96. The molecule has 6 heteroatoms. The Morgan fingerprint density at radius 3 is 2.66 bits per heavy atom. The summed E-state index contributed by atoms with van der Waals surface area (Å²) in [6, 6.07) is 18.3. The summed E-state index contributed by atoms with van der Waals surface area (Å²) in [4.78, 5) is 27.3. The van der Waals surface area contributed by atoms with Crippen LogP contribution < -0.4 is 4.90 Å². The Morgan fingerprint density at radius 1 is 1.14 bits per heavy atom. The molecule has 1 aliphatic rings. The van der Waals surface area contributed by atoms with Gasteiger partial charge >= 0.3 is 0 Å². The molecule has 0 radical (unpaired) electrons. The molecule has 1 unspecified atom stereocenters. The molecule has 1 N–H and O–H groups in total. The molecule has 2 aromatic carbocycles. The fourth-order valence-corrected chi connectivity index (χ4v) is 3.85. The fourth-order valence-electron chi connectivity index (χ4n) is 3.49. The van der Waals surface area contributed by atoms with Crippen molar-refractivity contribution in [2.24, 2.45) is 0 Å². The van der Waals surface area contributed by atoms with Crippen molar-refractivity contribution >= 4 is 39.4 Å². The quantitative estimate of drug-likeness (QED) is 0.562. The third-order valence-electron chi connectivity index (χ3n) is 4.88. The van der Waals surface area contributed by atoms with Crippen molar-refractivity contribution in [3.8, 4) is 0 Å². The zero-order valence-corrected chi connectivity index (χ0v) is 17.0. The summed E-state index contributed by atoms with van der Waals surface area (Å²) in [7, 11) is 0. The lowest BCUT2D eigenvalue weighted by atomic mass is 9.90. The van der Waals surface area contributed by atoms with Crippen LogP contribution in [0.4, 0.5) is 5.69 Å². The van der Waals surface area contributed by atoms with Gasteiger partial charge in [-0.2, -0.15) is 0 Å². The van der Waals surface area contributed by atoms with Gasteiger partial charge in [-0.25, -0.2) is 0 Å². The molecule has 5 nitrogen and oxygen atoms in total. The highest BCUT2D eigenvalue weighted by Crippen LogP contribution is 2.44. The Labute approximate surface area is 176 Å². The summed E-state index contributed by atoms with van der Waals surface area (Å²) in [6.07, 6.45) is 4.00. The Kier molecular flexibility index (Phi) is 5.22. The van der Waals surface area contributed by atoms with Crippen LogP contribution in [-0.2, 0) is 21.7 Å². The van der Waals surface area contributed by atoms with Crippen LogP contribution in [0.3, 0.4) is 0 Å². The van der Waals surface area contributed by atoms with Gasteiger partial charge < -0.3 is 14.4 Å². The van der Waals surface area contributed by atoms with E-state index in [-0.39, 0.29) is 12.2 Å². The Bertz CT molecular complexity index is 1080. The van der Waals surface area contributed by atoms with E-state index >= 15 is 0 Å². The summed E-state index contributed by atoms with van der Waals surface area (Å²) in [5, 5.41) is 11.3. The summed E-state index contributed by atoms with van der Waals surface area (Å²) in [6.45, 7) is 0.313. The minimum absolute atomic E-state index is 0.313. The molecule has 3 aromatic rings. The molecule has 0 bridgehead atoms. The maximum Gasteiger partial charge on any atom is 0.264 e. The molecule has 0 fully saturated rings. The molecule has 0 saturated carbocycles. The number of carbonyl (C=O) groups is 2. The smallest absolute Gasteiger partial charge is 0.264 e. The molecule has 1 atom stereocenters. The highest BCUT2D eigenvalue weighted by Gasteiger charge is 2.50. The molecule has 1 amide bonds. The number of benzene rings is 2. The monoisotopic (exact) mass is 451 g/mol. The molecule has 0 saturated heterocycles. The number of hydrogen-bond acceptors (Lipinski definition) is 4. The van der Waals surface area contributed by atoms with Crippen LogP contribution in [0.15, 0.2) is 81.9 Å². The number of allylic oxidation sites excluding steroid dienone is 1. The summed E-state index contributed by atoms with van der Waals surface area (Å²) in [5.74, 6) is -0.351. The third-order valence-corrected chi connectivity index (χ3v) is 5.38. The van der Waals surface area contributed by atoms with Gasteiger partial charge in [0.2, 0.25) is 0 Å². The maximum absolute atomic E-state index is 13.2. The topological polar surface area (TPSA) is 70.7 Å². The Morgan fingerprint density at radius 2 is 1.93 bits per heavy atom. The number of amides is 1. The van der Waals surface area contributed by atoms with Crippen LogP contribution in [0.1, 0.15) is 23.3 Å². The van der Waals surface area contributed by atoms with Crippen molar-refractivity contribution in [3.05, 3.63) is 94.4 Å². The molecular formula is C23H18BrNO4. The molecule has 1 aromatic heterocycles. The second-order valence-electron chi connectivity index (χ2n) is 6.89. The molecule has 29 heavy (non-hydrogen) atoms. The first-order chi connectivity index (χ1) is 14.0. The molecule has 146 valence electrons. The molecule has 4 rings (SSSR count). The highest BCUT2D eigenvalue weighted by molar-refractivity contribution is 9.10. The minimum Gasteiger partial charge on any atom is -0.465 e. The minimum atomic E-state index is -1.92. The average Bonchev–Trinajstić information content (AvgIpc) is 3.30. The molecule has 0 spiro atoms. The highest BCUT2D eigenvalue weighted by atomic mass is 79.9. The molecule has 0 aliphatic carbocycles. The Balaban J connectivity index is 1.64. The van der Waals surface area contributed by atoms with E-state index in [0.717, 1.165) is 10.0 Å². The normalized spacial score (nSPS) is 18.4. The zero-order chi connectivity index (χ0) is 20.4. The largest absolute Gasteiger partial charge is 0.465 e. The molecular weight excluding hydrogens is 434 g/mol. The van der Waals surface area contributed by atoms with Crippen molar-refractivity contribution < 1.29 is 19.1 Å². The van der Waals surface area contributed by atoms with E-state index in [4.69, 9.17) is 4.42 Å². The van der Waals surface area contributed by atoms with Gasteiger partial charge in [-0.3, -0.25) is 9.59 Å². The molecule has 2 heterocycles. The van der Waals surface area contributed by atoms with Gasteiger partial charge in [-0.05, 0) is 48.0 Å². The van der Waals surface area contributed by atoms with E-state index in [1.54, 1.807) is 24.3 Å². The second-order valence-corrected chi connectivity index (χ2v) is 7.81. The first-order valence-corrected chi connectivity index (χ1v) is 9.89. The van der Waals surface area contributed by atoms with Crippen molar-refractivity contribution in [2.75, 3.05) is 4.90 Å². The van der Waals surface area contributed by atoms with Crippen molar-refractivity contribution in [1.82, 2.24) is 0 Å². The number of aliphatic hydroxyl groups is 1. The van der Waals surface area contributed by atoms with Crippen LogP contribution >= 0.6 is 15.9 Å². The summed E-state index contributed by atoms with van der Waals surface area (Å²) < 4.78 is 5.90. The van der Waals surface area contributed by atoms with E-state index in [2.05, 4.69) is 15.9 Å². The van der Waals surface area contributed by atoms with E-state index in [1.165, 1.54) is 23.3 Å². The number of fused-ring (bicyclic) bond motifs is 1. The lowest BCUT2D eigenvalue weighted by Crippen LogP contribution is -2.41. The fraction of sp³-hybridized carbons (Fsp3) is 0.130. The average molecular weight is 452 g/mol. The molecule has 1 aliphatic heterocycles. The predicted molar refractivity (Wildman–Crippen MR) is 113 cm³/mol. The van der Waals surface area contributed by atoms with Gasteiger partial charge in [0, 0.05) is 10.0 Å². The van der Waals surface area contributed by atoms with E-state index < -0.39 is 11.5 Å². The number of hydrogen-bond donors (Lipinski definition) is 1. The number of ketones is 1. The number of rotatable bonds is 6. The SMILES string of the molecule is O=C(/C=C/c1ccco1)CC1(O)C(=O)N(Cc2ccccc2)c2ccc(Br)cc21. The predicted octanol–water partition coefficient (Wildman–Crippen LogP) is 4.45. The van der Waals surface area contributed by atoms with Crippen LogP contribution in [0.5, 0.6) is 0 Å². The van der Waals surface area contributed by atoms with Crippen molar-refractivity contribution in [2.45, 2.75) is 18.6 Å². The summed E-state index contributed by atoms with van der Waals surface area (Å²) >= 11 is 3.39. The zero-order valence-electron chi connectivity index (χ0n) is 15.4. The first-order valence-electron chi connectivity index (χ1n) is 9.10. The number of nitrogens with zero attached hydrogens (tertiary/aromatic N) is 1. The van der Waals surface area contributed by atoms with E-state index in [0.29, 0.717) is 23.6 Å². The lowest BCUT2D eigenvalue weighted by molar-refractivity contribution is -0.140. The number of carbonyl (C=O) groups excluding carboxylic acids is 2. The standard InChI is InChI=1S/C23H18BrNO4/c24-17-8-11-21-20(13-17)23(28,14-18(26)9-10-19-7-4-12-29-19)22(27)25(21)15-16-5-2-1-3-6-16/h1-13,28H,14-15H2/b10-9+. The van der Waals surface area contributed by atoms with Gasteiger partial charge in [0.25, 0.3) is 5.91 Å². The van der Waals surface area contributed by atoms with Gasteiger partial charge in [0.1, 0.15) is 5.76 Å². The van der Waals surface area contributed by atoms with Gasteiger partial charge in [-0.15, -0.1) is 0 Å². The van der Waals surface area contributed by atoms with E-state index in [1.807, 2.05) is 36.4 Å². The summed E-state index contributed by atoms with van der Waals surface area (Å²) in [5.41, 5.74) is 0.0429. The van der Waals surface area contributed by atoms with Crippen LogP contribution in [0.25, 0.3) is 6.08 Å². The van der Waals surface area contributed by atoms with Gasteiger partial charge in [0.15, 0.2) is 11.4 Å². The van der Waals surface area contributed by atoms with Crippen molar-refractivity contribution in [1.29, 1.82) is 0 Å². The number of anilines is 1. The maximum atomic E-state index is 13.2. The van der Waals surface area contributed by atoms with E-state index in [9.17, 15) is 14.7 Å². The lowest BCUT2D eigenvalue weighted by Gasteiger charge is -2.22. The number of furan rings is 1. The second kappa shape index (κ2) is 7.81. The first kappa shape index (κ1) is 19.4. The third kappa shape index (κ3) is 3.81. The number of halogens is 1. The van der Waals surface area contributed by atoms with Crippen LogP contribution in [0, 0.1) is 0 Å². The van der Waals surface area contributed by atoms with Gasteiger partial charge in [-0.1, -0.05) is 46.3 Å².